The molecule has 4 rings (SSSR count). The zero-order valence-corrected chi connectivity index (χ0v) is 19.0. The van der Waals surface area contributed by atoms with E-state index in [4.69, 9.17) is 9.90 Å². The van der Waals surface area contributed by atoms with Crippen LogP contribution in [0.5, 0.6) is 0 Å². The number of hydrogen-bond donors (Lipinski definition) is 1. The second-order valence-electron chi connectivity index (χ2n) is 7.80. The molecule has 0 aliphatic heterocycles. The summed E-state index contributed by atoms with van der Waals surface area (Å²) in [4.78, 5) is 13.5. The van der Waals surface area contributed by atoms with Crippen LogP contribution in [0.4, 0.5) is 17.6 Å². The molecule has 0 spiro atoms. The van der Waals surface area contributed by atoms with Gasteiger partial charge >= 0.3 is 12.1 Å². The maximum Gasteiger partial charge on any atom is 0.490 e. The van der Waals surface area contributed by atoms with Crippen molar-refractivity contribution in [2.24, 2.45) is 0 Å². The molecular formula is C27H24F4N2O2. The Morgan fingerprint density at radius 1 is 0.914 bits per heavy atom. The largest absolute Gasteiger partial charge is 0.490 e. The van der Waals surface area contributed by atoms with Gasteiger partial charge in [0.15, 0.2) is 0 Å². The van der Waals surface area contributed by atoms with Gasteiger partial charge in [0.2, 0.25) is 0 Å². The summed E-state index contributed by atoms with van der Waals surface area (Å²) < 4.78 is 47.4. The van der Waals surface area contributed by atoms with Crippen molar-refractivity contribution in [3.8, 4) is 11.1 Å². The van der Waals surface area contributed by atoms with E-state index in [1.165, 1.54) is 28.5 Å². The van der Waals surface area contributed by atoms with Crippen molar-refractivity contribution in [2.45, 2.75) is 32.5 Å². The topological polar surface area (TPSA) is 55.1 Å². The van der Waals surface area contributed by atoms with E-state index in [-0.39, 0.29) is 5.82 Å². The Hall–Kier alpha value is -3.94. The first-order valence-electron chi connectivity index (χ1n) is 10.9. The van der Waals surface area contributed by atoms with E-state index in [1.54, 1.807) is 12.1 Å². The highest BCUT2D eigenvalue weighted by Gasteiger charge is 2.38. The first-order valence-corrected chi connectivity index (χ1v) is 10.9. The van der Waals surface area contributed by atoms with Gasteiger partial charge in [-0.3, -0.25) is 0 Å². The zero-order chi connectivity index (χ0) is 25.4. The molecule has 1 heterocycles. The van der Waals surface area contributed by atoms with Gasteiger partial charge in [0, 0.05) is 18.7 Å². The van der Waals surface area contributed by atoms with E-state index in [9.17, 15) is 17.6 Å². The van der Waals surface area contributed by atoms with Gasteiger partial charge in [-0.25, -0.2) is 14.2 Å². The van der Waals surface area contributed by atoms with Crippen molar-refractivity contribution < 1.29 is 27.5 Å². The molecule has 0 radical (unpaired) electrons. The molecule has 1 N–H and O–H groups in total. The highest BCUT2D eigenvalue weighted by molar-refractivity contribution is 5.73. The predicted octanol–water partition coefficient (Wildman–Crippen LogP) is 6.52. The van der Waals surface area contributed by atoms with Crippen molar-refractivity contribution in [3.63, 3.8) is 0 Å². The van der Waals surface area contributed by atoms with Crippen LogP contribution >= 0.6 is 0 Å². The number of carboxylic acid groups (broad SMARTS) is 1. The number of aliphatic carboxylic acids is 1. The molecule has 0 bridgehead atoms. The number of rotatable bonds is 6. The molecule has 35 heavy (non-hydrogen) atoms. The van der Waals surface area contributed by atoms with Gasteiger partial charge in [-0.05, 0) is 46.9 Å². The molecule has 1 aromatic heterocycles. The molecule has 182 valence electrons. The summed E-state index contributed by atoms with van der Waals surface area (Å²) in [5.41, 5.74) is 6.85. The highest BCUT2D eigenvalue weighted by Crippen LogP contribution is 2.22. The second-order valence-corrected chi connectivity index (χ2v) is 7.80. The van der Waals surface area contributed by atoms with Crippen molar-refractivity contribution in [2.75, 3.05) is 0 Å². The Labute approximate surface area is 200 Å². The fraction of sp³-hybridized carbons (Fsp3) is 0.185. The number of imidazole rings is 1. The minimum absolute atomic E-state index is 0.201. The lowest BCUT2D eigenvalue weighted by molar-refractivity contribution is -0.192. The third kappa shape index (κ3) is 7.27. The predicted molar refractivity (Wildman–Crippen MR) is 125 cm³/mol. The summed E-state index contributed by atoms with van der Waals surface area (Å²) >= 11 is 0. The van der Waals surface area contributed by atoms with Crippen LogP contribution < -0.4 is 0 Å². The molecule has 8 heteroatoms. The summed E-state index contributed by atoms with van der Waals surface area (Å²) in [7, 11) is 0. The summed E-state index contributed by atoms with van der Waals surface area (Å²) in [5.74, 6) is -2.96. The lowest BCUT2D eigenvalue weighted by Gasteiger charge is -2.10. The summed E-state index contributed by atoms with van der Waals surface area (Å²) in [6.45, 7) is 2.92. The molecule has 4 aromatic rings. The van der Waals surface area contributed by atoms with E-state index >= 15 is 0 Å². The van der Waals surface area contributed by atoms with E-state index in [0.29, 0.717) is 6.42 Å². The van der Waals surface area contributed by atoms with Crippen LogP contribution in [0.15, 0.2) is 85.2 Å². The van der Waals surface area contributed by atoms with Gasteiger partial charge in [-0.1, -0.05) is 67.6 Å². The van der Waals surface area contributed by atoms with E-state index < -0.39 is 12.1 Å². The summed E-state index contributed by atoms with van der Waals surface area (Å²) in [5, 5.41) is 7.12. The lowest BCUT2D eigenvalue weighted by Crippen LogP contribution is -2.21. The molecular weight excluding hydrogens is 460 g/mol. The minimum atomic E-state index is -5.08. The van der Waals surface area contributed by atoms with Crippen LogP contribution in [-0.4, -0.2) is 26.8 Å². The monoisotopic (exact) mass is 484 g/mol. The average Bonchev–Trinajstić information content (AvgIpc) is 3.20. The van der Waals surface area contributed by atoms with E-state index in [2.05, 4.69) is 65.0 Å². The minimum Gasteiger partial charge on any atom is -0.475 e. The second kappa shape index (κ2) is 11.5. The SMILES string of the molecule is CCc1c(Cc2cccc(F)c2)ncn1Cc1cccc(-c2ccccc2)c1.O=C(O)C(F)(F)F. The smallest absolute Gasteiger partial charge is 0.475 e. The number of halogens is 4. The molecule has 0 aliphatic rings. The van der Waals surface area contributed by atoms with Gasteiger partial charge in [-0.15, -0.1) is 0 Å². The normalized spacial score (nSPS) is 11.0. The lowest BCUT2D eigenvalue weighted by atomic mass is 10.0. The van der Waals surface area contributed by atoms with E-state index in [1.807, 2.05) is 18.5 Å². The Morgan fingerprint density at radius 3 is 2.17 bits per heavy atom. The molecule has 0 atom stereocenters. The number of nitrogens with zero attached hydrogens (tertiary/aromatic N) is 2. The van der Waals surface area contributed by atoms with Crippen LogP contribution in [0.1, 0.15) is 29.4 Å². The maximum atomic E-state index is 13.5. The van der Waals surface area contributed by atoms with Crippen molar-refractivity contribution in [1.29, 1.82) is 0 Å². The maximum absolute atomic E-state index is 13.5. The Morgan fingerprint density at radius 2 is 1.54 bits per heavy atom. The van der Waals surface area contributed by atoms with Crippen LogP contribution in [0.2, 0.25) is 0 Å². The molecule has 0 unspecified atom stereocenters. The van der Waals surface area contributed by atoms with Gasteiger partial charge in [-0.2, -0.15) is 13.2 Å². The summed E-state index contributed by atoms with van der Waals surface area (Å²) in [6, 6.07) is 25.8. The van der Waals surface area contributed by atoms with Crippen LogP contribution in [0, 0.1) is 5.82 Å². The van der Waals surface area contributed by atoms with Gasteiger partial charge in [0.05, 0.1) is 12.0 Å². The zero-order valence-electron chi connectivity index (χ0n) is 19.0. The fourth-order valence-corrected chi connectivity index (χ4v) is 3.66. The van der Waals surface area contributed by atoms with Crippen molar-refractivity contribution in [3.05, 3.63) is 114 Å². The molecule has 0 fully saturated rings. The van der Waals surface area contributed by atoms with Crippen molar-refractivity contribution in [1.82, 2.24) is 9.55 Å². The quantitative estimate of drug-likeness (QED) is 0.317. The Kier molecular flexibility index (Phi) is 8.41. The number of benzene rings is 3. The highest BCUT2D eigenvalue weighted by atomic mass is 19.4. The van der Waals surface area contributed by atoms with Crippen LogP contribution in [-0.2, 0) is 24.2 Å². The number of carbonyl (C=O) groups is 1. The fourth-order valence-electron chi connectivity index (χ4n) is 3.66. The van der Waals surface area contributed by atoms with Gasteiger partial charge in [0.25, 0.3) is 0 Å². The first kappa shape index (κ1) is 25.7. The van der Waals surface area contributed by atoms with Crippen LogP contribution in [0.3, 0.4) is 0 Å². The number of hydrogen-bond acceptors (Lipinski definition) is 2. The third-order valence-corrected chi connectivity index (χ3v) is 5.26. The van der Waals surface area contributed by atoms with Gasteiger partial charge in [0.1, 0.15) is 5.82 Å². The molecule has 0 saturated heterocycles. The first-order chi connectivity index (χ1) is 16.7. The molecule has 0 aliphatic carbocycles. The number of aromatic nitrogens is 2. The summed E-state index contributed by atoms with van der Waals surface area (Å²) in [6.07, 6.45) is -1.64. The Bertz CT molecular complexity index is 1270. The Balaban J connectivity index is 0.000000429. The number of alkyl halides is 3. The number of carboxylic acids is 1. The van der Waals surface area contributed by atoms with Crippen LogP contribution in [0.25, 0.3) is 11.1 Å². The third-order valence-electron chi connectivity index (χ3n) is 5.26. The molecule has 0 amide bonds. The molecule has 3 aromatic carbocycles. The standard InChI is InChI=1S/C25H23FN2.C2HF3O2/c1-2-25-24(16-19-8-7-13-23(26)15-19)27-18-28(25)17-20-9-6-12-22(14-20)21-10-4-3-5-11-21;3-2(4,5)1(6)7/h3-15,18H,2,16-17H2,1H3;(H,6,7). The average molecular weight is 484 g/mol. The molecule has 0 saturated carbocycles. The van der Waals surface area contributed by atoms with E-state index in [0.717, 1.165) is 24.2 Å². The van der Waals surface area contributed by atoms with Gasteiger partial charge < -0.3 is 9.67 Å². The van der Waals surface area contributed by atoms with Crippen molar-refractivity contribution >= 4 is 5.97 Å². The molecule has 4 nitrogen and oxygen atoms in total.